The van der Waals surface area contributed by atoms with Gasteiger partial charge < -0.3 is 10.2 Å². The van der Waals surface area contributed by atoms with Crippen LogP contribution in [0.1, 0.15) is 32.6 Å². The quantitative estimate of drug-likeness (QED) is 0.923. The van der Waals surface area contributed by atoms with Crippen molar-refractivity contribution < 1.29 is 9.59 Å². The number of hydrogen-bond acceptors (Lipinski definition) is 3. The Morgan fingerprint density at radius 3 is 2.85 bits per heavy atom. The summed E-state index contributed by atoms with van der Waals surface area (Å²) >= 11 is 0. The number of hydrogen-bond donors (Lipinski definition) is 1. The van der Waals surface area contributed by atoms with Gasteiger partial charge in [-0.2, -0.15) is 5.10 Å². The Hall–Kier alpha value is -2.63. The molecule has 0 radical (unpaired) electrons. The number of carbonyl (C=O) groups is 2. The van der Waals surface area contributed by atoms with Crippen molar-refractivity contribution in [2.45, 2.75) is 45.2 Å². The molecule has 0 bridgehead atoms. The van der Waals surface area contributed by atoms with Crippen LogP contribution in [0.25, 0.3) is 11.1 Å². The van der Waals surface area contributed by atoms with Crippen LogP contribution in [0.3, 0.4) is 0 Å². The average molecular weight is 352 g/mol. The SMILES string of the molecule is CC1CCCCN1C(=O)CC1Cn2ncc(-c3ccccc3)c2NC1=O. The number of benzene rings is 1. The standard InChI is InChI=1S/C20H24N4O2/c1-14-7-5-6-10-23(14)18(25)11-16-13-24-19(22-20(16)26)17(12-21-24)15-8-3-2-4-9-15/h2-4,8-9,12,14,16H,5-7,10-11,13H2,1H3,(H,22,26). The number of piperidine rings is 1. The Morgan fingerprint density at radius 2 is 2.08 bits per heavy atom. The molecule has 2 aliphatic heterocycles. The number of nitrogens with zero attached hydrogens (tertiary/aromatic N) is 3. The minimum atomic E-state index is -0.368. The van der Waals surface area contributed by atoms with Crippen LogP contribution in [0.5, 0.6) is 0 Å². The van der Waals surface area contributed by atoms with Gasteiger partial charge in [0.2, 0.25) is 11.8 Å². The fourth-order valence-electron chi connectivity index (χ4n) is 3.95. The maximum atomic E-state index is 12.7. The molecule has 2 unspecified atom stereocenters. The zero-order chi connectivity index (χ0) is 18.1. The van der Waals surface area contributed by atoms with Crippen LogP contribution in [0, 0.1) is 5.92 Å². The van der Waals surface area contributed by atoms with Crippen LogP contribution in [-0.2, 0) is 16.1 Å². The predicted molar refractivity (Wildman–Crippen MR) is 99.4 cm³/mol. The fourth-order valence-corrected chi connectivity index (χ4v) is 3.95. The number of carbonyl (C=O) groups excluding carboxylic acids is 2. The largest absolute Gasteiger partial charge is 0.340 e. The Bertz CT molecular complexity index is 814. The summed E-state index contributed by atoms with van der Waals surface area (Å²) in [6, 6.07) is 10.2. The smallest absolute Gasteiger partial charge is 0.231 e. The second kappa shape index (κ2) is 6.94. The van der Waals surface area contributed by atoms with Crippen LogP contribution in [0.15, 0.2) is 36.5 Å². The first-order valence-electron chi connectivity index (χ1n) is 9.35. The van der Waals surface area contributed by atoms with Crippen LogP contribution in [0.4, 0.5) is 5.82 Å². The highest BCUT2D eigenvalue weighted by molar-refractivity contribution is 5.98. The highest BCUT2D eigenvalue weighted by Crippen LogP contribution is 2.32. The van der Waals surface area contributed by atoms with Gasteiger partial charge >= 0.3 is 0 Å². The van der Waals surface area contributed by atoms with Crippen molar-refractivity contribution in [3.63, 3.8) is 0 Å². The normalized spacial score (nSPS) is 22.7. The van der Waals surface area contributed by atoms with Gasteiger partial charge in [-0.1, -0.05) is 30.3 Å². The number of rotatable bonds is 3. The molecule has 136 valence electrons. The molecule has 26 heavy (non-hydrogen) atoms. The molecular formula is C20H24N4O2. The molecule has 0 aliphatic carbocycles. The van der Waals surface area contributed by atoms with Crippen molar-refractivity contribution in [2.24, 2.45) is 5.92 Å². The predicted octanol–water partition coefficient (Wildman–Crippen LogP) is 2.91. The maximum absolute atomic E-state index is 12.7. The number of amides is 2. The van der Waals surface area contributed by atoms with E-state index in [1.807, 2.05) is 35.2 Å². The molecule has 3 heterocycles. The van der Waals surface area contributed by atoms with Crippen molar-refractivity contribution in [2.75, 3.05) is 11.9 Å². The molecule has 1 saturated heterocycles. The second-order valence-electron chi connectivity index (χ2n) is 7.28. The second-order valence-corrected chi connectivity index (χ2v) is 7.28. The van der Waals surface area contributed by atoms with Gasteiger partial charge in [0, 0.05) is 24.6 Å². The lowest BCUT2D eigenvalue weighted by Gasteiger charge is -2.34. The van der Waals surface area contributed by atoms with Crippen molar-refractivity contribution in [3.8, 4) is 11.1 Å². The van der Waals surface area contributed by atoms with Crippen molar-refractivity contribution in [1.29, 1.82) is 0 Å². The van der Waals surface area contributed by atoms with Gasteiger partial charge in [-0.25, -0.2) is 4.68 Å². The Morgan fingerprint density at radius 1 is 1.27 bits per heavy atom. The lowest BCUT2D eigenvalue weighted by molar-refractivity contribution is -0.138. The van der Waals surface area contributed by atoms with E-state index in [1.54, 1.807) is 10.9 Å². The molecule has 1 N–H and O–H groups in total. The molecule has 1 aromatic heterocycles. The molecule has 2 amide bonds. The topological polar surface area (TPSA) is 67.2 Å². The summed E-state index contributed by atoms with van der Waals surface area (Å²) in [4.78, 5) is 27.2. The van der Waals surface area contributed by atoms with E-state index >= 15 is 0 Å². The molecule has 1 aromatic carbocycles. The van der Waals surface area contributed by atoms with Gasteiger partial charge in [0.15, 0.2) is 0 Å². The zero-order valence-electron chi connectivity index (χ0n) is 15.0. The summed E-state index contributed by atoms with van der Waals surface area (Å²) in [5.74, 6) is 0.341. The third kappa shape index (κ3) is 3.11. The molecule has 0 saturated carbocycles. The van der Waals surface area contributed by atoms with Gasteiger partial charge in [0.1, 0.15) is 5.82 Å². The van der Waals surface area contributed by atoms with E-state index in [0.717, 1.165) is 36.3 Å². The molecule has 6 nitrogen and oxygen atoms in total. The molecule has 4 rings (SSSR count). The molecule has 2 aliphatic rings. The first-order valence-corrected chi connectivity index (χ1v) is 9.35. The summed E-state index contributed by atoms with van der Waals surface area (Å²) < 4.78 is 1.81. The Balaban J connectivity index is 1.50. The lowest BCUT2D eigenvalue weighted by atomic mass is 9.98. The van der Waals surface area contributed by atoms with E-state index < -0.39 is 0 Å². The molecule has 6 heteroatoms. The van der Waals surface area contributed by atoms with Gasteiger partial charge in [-0.3, -0.25) is 9.59 Å². The van der Waals surface area contributed by atoms with Gasteiger partial charge in [0.05, 0.1) is 18.7 Å². The number of aromatic nitrogens is 2. The molecule has 1 fully saturated rings. The van der Waals surface area contributed by atoms with E-state index in [9.17, 15) is 9.59 Å². The van der Waals surface area contributed by atoms with Crippen LogP contribution < -0.4 is 5.32 Å². The van der Waals surface area contributed by atoms with Crippen molar-refractivity contribution >= 4 is 17.6 Å². The summed E-state index contributed by atoms with van der Waals surface area (Å²) in [6.45, 7) is 3.34. The maximum Gasteiger partial charge on any atom is 0.231 e. The first-order chi connectivity index (χ1) is 12.6. The fraction of sp³-hybridized carbons (Fsp3) is 0.450. The summed E-state index contributed by atoms with van der Waals surface area (Å²) in [7, 11) is 0. The monoisotopic (exact) mass is 352 g/mol. The highest BCUT2D eigenvalue weighted by atomic mass is 16.2. The molecule has 2 atom stereocenters. The summed E-state index contributed by atoms with van der Waals surface area (Å²) in [6.07, 6.45) is 5.30. The third-order valence-corrected chi connectivity index (χ3v) is 5.47. The van der Waals surface area contributed by atoms with E-state index in [1.165, 1.54) is 6.42 Å². The van der Waals surface area contributed by atoms with Crippen molar-refractivity contribution in [3.05, 3.63) is 36.5 Å². The van der Waals surface area contributed by atoms with Gasteiger partial charge in [-0.15, -0.1) is 0 Å². The van der Waals surface area contributed by atoms with E-state index in [-0.39, 0.29) is 30.2 Å². The zero-order valence-corrected chi connectivity index (χ0v) is 15.0. The van der Waals surface area contributed by atoms with Crippen LogP contribution in [0.2, 0.25) is 0 Å². The third-order valence-electron chi connectivity index (χ3n) is 5.47. The number of likely N-dealkylation sites (tertiary alicyclic amines) is 1. The molecule has 2 aromatic rings. The molecular weight excluding hydrogens is 328 g/mol. The van der Waals surface area contributed by atoms with E-state index in [0.29, 0.717) is 6.54 Å². The van der Waals surface area contributed by atoms with Gasteiger partial charge in [0.25, 0.3) is 0 Å². The number of nitrogens with one attached hydrogen (secondary N) is 1. The van der Waals surface area contributed by atoms with Crippen LogP contribution in [-0.4, -0.2) is 39.1 Å². The molecule has 0 spiro atoms. The minimum Gasteiger partial charge on any atom is -0.340 e. The average Bonchev–Trinajstić information content (AvgIpc) is 3.05. The lowest BCUT2D eigenvalue weighted by Crippen LogP contribution is -2.44. The Kier molecular flexibility index (Phi) is 4.49. The minimum absolute atomic E-state index is 0.0799. The number of anilines is 1. The highest BCUT2D eigenvalue weighted by Gasteiger charge is 2.33. The summed E-state index contributed by atoms with van der Waals surface area (Å²) in [5, 5.41) is 7.40. The summed E-state index contributed by atoms with van der Waals surface area (Å²) in [5.41, 5.74) is 1.93. The van der Waals surface area contributed by atoms with E-state index in [4.69, 9.17) is 0 Å². The Labute approximate surface area is 153 Å². The first kappa shape index (κ1) is 16.8. The van der Waals surface area contributed by atoms with Gasteiger partial charge in [-0.05, 0) is 31.7 Å². The van der Waals surface area contributed by atoms with Crippen LogP contribution >= 0.6 is 0 Å². The van der Waals surface area contributed by atoms with E-state index in [2.05, 4.69) is 17.3 Å². The number of fused-ring (bicyclic) bond motifs is 1. The van der Waals surface area contributed by atoms with Crippen molar-refractivity contribution in [1.82, 2.24) is 14.7 Å².